The lowest BCUT2D eigenvalue weighted by Gasteiger charge is -2.20. The van der Waals surface area contributed by atoms with Gasteiger partial charge in [0.1, 0.15) is 0 Å². The van der Waals surface area contributed by atoms with Crippen molar-refractivity contribution in [2.45, 2.75) is 20.8 Å². The van der Waals surface area contributed by atoms with Crippen molar-refractivity contribution in [3.05, 3.63) is 23.5 Å². The number of allylic oxidation sites excluding steroid dienone is 2. The summed E-state index contributed by atoms with van der Waals surface area (Å²) in [5, 5.41) is 8.77. The summed E-state index contributed by atoms with van der Waals surface area (Å²) < 4.78 is 9.38. The van der Waals surface area contributed by atoms with Gasteiger partial charge in [0.25, 0.3) is 0 Å². The van der Waals surface area contributed by atoms with Crippen molar-refractivity contribution in [2.75, 3.05) is 14.2 Å². The SMILES string of the molecule is COC(=O)/C(=C/C(=C\C(=O)O)C(C)(C)C)OC. The molecule has 0 bridgehead atoms. The lowest BCUT2D eigenvalue weighted by molar-refractivity contribution is -0.139. The molecule has 0 aliphatic carbocycles. The van der Waals surface area contributed by atoms with Crippen LogP contribution in [0.1, 0.15) is 20.8 Å². The number of ether oxygens (including phenoxy) is 2. The highest BCUT2D eigenvalue weighted by molar-refractivity contribution is 5.88. The third kappa shape index (κ3) is 5.19. The van der Waals surface area contributed by atoms with Gasteiger partial charge < -0.3 is 14.6 Å². The minimum Gasteiger partial charge on any atom is -0.490 e. The van der Waals surface area contributed by atoms with E-state index in [2.05, 4.69) is 4.74 Å². The second kappa shape index (κ2) is 6.08. The molecule has 5 heteroatoms. The molecule has 0 fully saturated rings. The van der Waals surface area contributed by atoms with Crippen molar-refractivity contribution in [3.63, 3.8) is 0 Å². The van der Waals surface area contributed by atoms with Crippen LogP contribution in [0.25, 0.3) is 0 Å². The van der Waals surface area contributed by atoms with Crippen LogP contribution in [-0.4, -0.2) is 31.3 Å². The van der Waals surface area contributed by atoms with Crippen LogP contribution in [0.4, 0.5) is 0 Å². The van der Waals surface area contributed by atoms with E-state index in [0.29, 0.717) is 5.57 Å². The van der Waals surface area contributed by atoms with Gasteiger partial charge in [0, 0.05) is 6.08 Å². The zero-order valence-electron chi connectivity index (χ0n) is 10.7. The smallest absolute Gasteiger partial charge is 0.373 e. The van der Waals surface area contributed by atoms with E-state index in [9.17, 15) is 9.59 Å². The van der Waals surface area contributed by atoms with Gasteiger partial charge in [-0.05, 0) is 17.1 Å². The maximum atomic E-state index is 11.3. The Morgan fingerprint density at radius 2 is 1.59 bits per heavy atom. The molecule has 0 aliphatic heterocycles. The lowest BCUT2D eigenvalue weighted by Crippen LogP contribution is -2.13. The molecule has 96 valence electrons. The van der Waals surface area contributed by atoms with Crippen molar-refractivity contribution >= 4 is 11.9 Å². The van der Waals surface area contributed by atoms with Crippen LogP contribution in [0.2, 0.25) is 0 Å². The van der Waals surface area contributed by atoms with Gasteiger partial charge >= 0.3 is 11.9 Å². The van der Waals surface area contributed by atoms with Gasteiger partial charge in [-0.15, -0.1) is 0 Å². The first-order valence-electron chi connectivity index (χ1n) is 5.01. The number of carboxylic acids is 1. The predicted octanol–water partition coefficient (Wildman–Crippen LogP) is 1.75. The topological polar surface area (TPSA) is 72.8 Å². The van der Waals surface area contributed by atoms with Gasteiger partial charge in [0.05, 0.1) is 14.2 Å². The minimum atomic E-state index is -1.08. The van der Waals surface area contributed by atoms with Crippen molar-refractivity contribution in [3.8, 4) is 0 Å². The maximum absolute atomic E-state index is 11.3. The first kappa shape index (κ1) is 15.2. The first-order valence-corrected chi connectivity index (χ1v) is 5.01. The third-order valence-electron chi connectivity index (χ3n) is 2.04. The second-order valence-corrected chi connectivity index (χ2v) is 4.39. The fourth-order valence-corrected chi connectivity index (χ4v) is 1.05. The molecule has 0 aromatic rings. The molecule has 17 heavy (non-hydrogen) atoms. The molecule has 0 heterocycles. The molecule has 5 nitrogen and oxygen atoms in total. The van der Waals surface area contributed by atoms with Gasteiger partial charge in [0.2, 0.25) is 5.76 Å². The van der Waals surface area contributed by atoms with Crippen LogP contribution in [0, 0.1) is 5.41 Å². The molecule has 0 atom stereocenters. The average molecular weight is 242 g/mol. The van der Waals surface area contributed by atoms with E-state index < -0.39 is 17.4 Å². The number of aliphatic carboxylic acids is 1. The highest BCUT2D eigenvalue weighted by Gasteiger charge is 2.20. The fraction of sp³-hybridized carbons (Fsp3) is 0.500. The highest BCUT2D eigenvalue weighted by Crippen LogP contribution is 2.27. The number of esters is 1. The van der Waals surface area contributed by atoms with E-state index in [1.807, 2.05) is 20.8 Å². The Hall–Kier alpha value is -1.78. The quantitative estimate of drug-likeness (QED) is 0.352. The Morgan fingerprint density at radius 3 is 1.88 bits per heavy atom. The first-order chi connectivity index (χ1) is 7.72. The Labute approximate surface area is 101 Å². The molecule has 0 radical (unpaired) electrons. The summed E-state index contributed by atoms with van der Waals surface area (Å²) in [6, 6.07) is 0. The monoisotopic (exact) mass is 242 g/mol. The summed E-state index contributed by atoms with van der Waals surface area (Å²) in [5.74, 6) is -1.76. The zero-order valence-corrected chi connectivity index (χ0v) is 10.7. The summed E-state index contributed by atoms with van der Waals surface area (Å²) in [5.41, 5.74) is 0.0446. The normalized spacial score (nSPS) is 13.2. The van der Waals surface area contributed by atoms with Gasteiger partial charge in [-0.1, -0.05) is 20.8 Å². The molecule has 1 N–H and O–H groups in total. The number of methoxy groups -OCH3 is 2. The molecule has 0 saturated heterocycles. The summed E-state index contributed by atoms with van der Waals surface area (Å²) in [4.78, 5) is 22.0. The highest BCUT2D eigenvalue weighted by atomic mass is 16.6. The van der Waals surface area contributed by atoms with E-state index >= 15 is 0 Å². The van der Waals surface area contributed by atoms with E-state index in [-0.39, 0.29) is 5.76 Å². The number of hydrogen-bond donors (Lipinski definition) is 1. The number of rotatable bonds is 4. The molecular formula is C12H18O5. The molecular weight excluding hydrogens is 224 g/mol. The molecule has 0 aromatic heterocycles. The number of carbonyl (C=O) groups excluding carboxylic acids is 1. The van der Waals surface area contributed by atoms with Crippen molar-refractivity contribution in [1.82, 2.24) is 0 Å². The van der Waals surface area contributed by atoms with E-state index in [1.54, 1.807) is 0 Å². The average Bonchev–Trinajstić information content (AvgIpc) is 2.21. The fourth-order valence-electron chi connectivity index (χ4n) is 1.05. The van der Waals surface area contributed by atoms with Crippen molar-refractivity contribution < 1.29 is 24.2 Å². The predicted molar refractivity (Wildman–Crippen MR) is 62.3 cm³/mol. The van der Waals surface area contributed by atoms with Crippen LogP contribution in [0.3, 0.4) is 0 Å². The molecule has 0 rings (SSSR count). The Morgan fingerprint density at radius 1 is 1.06 bits per heavy atom. The molecule has 0 spiro atoms. The van der Waals surface area contributed by atoms with Gasteiger partial charge in [0.15, 0.2) is 0 Å². The van der Waals surface area contributed by atoms with Gasteiger partial charge in [-0.2, -0.15) is 0 Å². The molecule has 0 aromatic carbocycles. The van der Waals surface area contributed by atoms with E-state index in [0.717, 1.165) is 6.08 Å². The Kier molecular flexibility index (Phi) is 5.44. The molecule has 0 saturated carbocycles. The van der Waals surface area contributed by atoms with Crippen LogP contribution >= 0.6 is 0 Å². The number of hydrogen-bond acceptors (Lipinski definition) is 4. The zero-order chi connectivity index (χ0) is 13.6. The molecule has 0 unspecified atom stereocenters. The number of carbonyl (C=O) groups is 2. The Balaban J connectivity index is 5.43. The lowest BCUT2D eigenvalue weighted by atomic mass is 9.85. The molecule has 0 amide bonds. The summed E-state index contributed by atoms with van der Waals surface area (Å²) in [6.45, 7) is 5.51. The summed E-state index contributed by atoms with van der Waals surface area (Å²) in [6.07, 6.45) is 2.42. The third-order valence-corrected chi connectivity index (χ3v) is 2.04. The Bertz CT molecular complexity index is 358. The number of carboxylic acid groups (broad SMARTS) is 1. The van der Waals surface area contributed by atoms with E-state index in [4.69, 9.17) is 9.84 Å². The minimum absolute atomic E-state index is 0.0325. The maximum Gasteiger partial charge on any atom is 0.373 e. The van der Waals surface area contributed by atoms with Crippen molar-refractivity contribution in [2.24, 2.45) is 5.41 Å². The van der Waals surface area contributed by atoms with Crippen LogP contribution in [0.5, 0.6) is 0 Å². The second-order valence-electron chi connectivity index (χ2n) is 4.39. The van der Waals surface area contributed by atoms with Gasteiger partial charge in [-0.3, -0.25) is 0 Å². The van der Waals surface area contributed by atoms with Crippen LogP contribution in [-0.2, 0) is 19.1 Å². The van der Waals surface area contributed by atoms with Crippen LogP contribution in [0.15, 0.2) is 23.5 Å². The van der Waals surface area contributed by atoms with E-state index in [1.165, 1.54) is 20.3 Å². The molecule has 0 aliphatic rings. The van der Waals surface area contributed by atoms with Crippen LogP contribution < -0.4 is 0 Å². The largest absolute Gasteiger partial charge is 0.490 e. The van der Waals surface area contributed by atoms with Crippen molar-refractivity contribution in [1.29, 1.82) is 0 Å². The van der Waals surface area contributed by atoms with Gasteiger partial charge in [-0.25, -0.2) is 9.59 Å². The standard InChI is InChI=1S/C12H18O5/c1-12(2,3)8(7-10(13)14)6-9(16-4)11(15)17-5/h6-7H,1-5H3,(H,13,14)/b8-7+,9-6-. The summed E-state index contributed by atoms with van der Waals surface area (Å²) in [7, 11) is 2.55. The summed E-state index contributed by atoms with van der Waals surface area (Å²) >= 11 is 0.